The van der Waals surface area contributed by atoms with Gasteiger partial charge in [0.25, 0.3) is 0 Å². The first-order chi connectivity index (χ1) is 24.6. The summed E-state index contributed by atoms with van der Waals surface area (Å²) >= 11 is 0. The molecular formula is C41H45NO9. The number of rotatable bonds is 7. The molecule has 51 heavy (non-hydrogen) atoms. The minimum Gasteiger partial charge on any atom is -0.497 e. The fraction of sp³-hybridized carbons (Fsp3) is 0.463. The van der Waals surface area contributed by atoms with E-state index in [9.17, 15) is 9.90 Å². The van der Waals surface area contributed by atoms with Crippen LogP contribution < -0.4 is 15.1 Å². The van der Waals surface area contributed by atoms with Gasteiger partial charge in [-0.05, 0) is 61.8 Å². The lowest BCUT2D eigenvalue weighted by Gasteiger charge is -2.68. The summed E-state index contributed by atoms with van der Waals surface area (Å²) in [6.45, 7) is 6.92. The normalized spacial score (nSPS) is 34.5. The highest BCUT2D eigenvalue weighted by atomic mass is 16.7. The predicted octanol–water partition coefficient (Wildman–Crippen LogP) is 7.18. The van der Waals surface area contributed by atoms with Crippen LogP contribution in [0.3, 0.4) is 0 Å². The molecule has 268 valence electrons. The van der Waals surface area contributed by atoms with Crippen LogP contribution in [-0.4, -0.2) is 48.7 Å². The first kappa shape index (κ1) is 34.0. The summed E-state index contributed by atoms with van der Waals surface area (Å²) in [4.78, 5) is 18.0. The number of benzene rings is 2. The van der Waals surface area contributed by atoms with Crippen LogP contribution in [0.15, 0.2) is 94.4 Å². The van der Waals surface area contributed by atoms with Gasteiger partial charge >= 0.3 is 5.63 Å². The third-order valence-electron chi connectivity index (χ3n) is 12.3. The Bertz CT molecular complexity index is 1920. The Morgan fingerprint density at radius 1 is 0.980 bits per heavy atom. The third-order valence-corrected chi connectivity index (χ3v) is 12.3. The van der Waals surface area contributed by atoms with Gasteiger partial charge in [0.15, 0.2) is 12.6 Å². The number of aliphatic hydroxyl groups is 1. The lowest BCUT2D eigenvalue weighted by atomic mass is 9.42. The van der Waals surface area contributed by atoms with Gasteiger partial charge in [-0.15, -0.1) is 0 Å². The zero-order chi connectivity index (χ0) is 35.5. The quantitative estimate of drug-likeness (QED) is 0.199. The smallest absolute Gasteiger partial charge is 0.345 e. The highest BCUT2D eigenvalue weighted by Gasteiger charge is 2.70. The van der Waals surface area contributed by atoms with Crippen LogP contribution in [0.1, 0.15) is 75.4 Å². The fourth-order valence-corrected chi connectivity index (χ4v) is 9.84. The molecule has 0 amide bonds. The molecule has 2 saturated carbocycles. The highest BCUT2D eigenvalue weighted by Crippen LogP contribution is 2.68. The summed E-state index contributed by atoms with van der Waals surface area (Å²) in [7, 11) is 3.24. The van der Waals surface area contributed by atoms with E-state index in [1.165, 1.54) is 0 Å². The van der Waals surface area contributed by atoms with Gasteiger partial charge in [0, 0.05) is 53.6 Å². The van der Waals surface area contributed by atoms with E-state index in [1.54, 1.807) is 38.7 Å². The number of nitrogens with zero attached hydrogens (tertiary/aromatic N) is 1. The maximum absolute atomic E-state index is 13.8. The van der Waals surface area contributed by atoms with Gasteiger partial charge in [0.1, 0.15) is 34.5 Å². The van der Waals surface area contributed by atoms with Crippen LogP contribution >= 0.6 is 0 Å². The number of methoxy groups -OCH3 is 2. The standard InChI is InChI=1S/C41H45NO9/c1-39-18-17-31-40(2,23-47-38(49-31)24-10-7-6-8-11-24)30(39)21-32(50-37(46-5)25-13-15-27(45-4)16-14-25)41(3)35(39)34(43)33-29(51-41)20-28(48-36(33)44)26-12-9-19-42-22-26/h6-16,19-20,22,30-32,34-35,37-38,43H,17-18,21,23H2,1-5H3/t30?,31-,32-,34-,35?,37?,38+,39-,40-,41+/m0/s1. The van der Waals surface area contributed by atoms with Gasteiger partial charge in [0.2, 0.25) is 0 Å². The van der Waals surface area contributed by atoms with Crippen LogP contribution in [0.2, 0.25) is 0 Å². The molecule has 10 nitrogen and oxygen atoms in total. The van der Waals surface area contributed by atoms with Gasteiger partial charge in [-0.2, -0.15) is 0 Å². The van der Waals surface area contributed by atoms with Crippen molar-refractivity contribution in [3.63, 3.8) is 0 Å². The second kappa shape index (κ2) is 12.9. The SMILES string of the molecule is COc1ccc(C(OC)O[C@H]2CC3[C@](C)(CC[C@@H]4O[C@H](c5ccccc5)OC[C@@]34C)C3[C@@H](O)c4c(cc(-c5cccnc5)oc4=O)O[C@@]32C)cc1. The van der Waals surface area contributed by atoms with Crippen LogP contribution in [0.4, 0.5) is 0 Å². The molecule has 3 unspecified atom stereocenters. The second-order valence-electron chi connectivity index (χ2n) is 15.1. The minimum absolute atomic E-state index is 0.0431. The Labute approximate surface area is 297 Å². The molecule has 2 aliphatic heterocycles. The van der Waals surface area contributed by atoms with E-state index in [0.29, 0.717) is 24.4 Å². The molecule has 2 aromatic carbocycles. The zero-order valence-electron chi connectivity index (χ0n) is 29.6. The van der Waals surface area contributed by atoms with Crippen molar-refractivity contribution in [2.24, 2.45) is 22.7 Å². The molecule has 1 saturated heterocycles. The summed E-state index contributed by atoms with van der Waals surface area (Å²) < 4.78 is 44.5. The molecule has 8 rings (SSSR count). The van der Waals surface area contributed by atoms with E-state index in [2.05, 4.69) is 18.8 Å². The molecule has 4 aromatic rings. The van der Waals surface area contributed by atoms with Crippen molar-refractivity contribution in [1.82, 2.24) is 4.98 Å². The number of hydrogen-bond acceptors (Lipinski definition) is 10. The Morgan fingerprint density at radius 2 is 1.76 bits per heavy atom. The maximum atomic E-state index is 13.8. The van der Waals surface area contributed by atoms with Gasteiger partial charge < -0.3 is 37.9 Å². The topological polar surface area (TPSA) is 119 Å². The van der Waals surface area contributed by atoms with Gasteiger partial charge in [0.05, 0.1) is 25.9 Å². The molecule has 0 bridgehead atoms. The van der Waals surface area contributed by atoms with Crippen LogP contribution in [0.25, 0.3) is 11.3 Å². The average molecular weight is 696 g/mol. The molecule has 0 radical (unpaired) electrons. The monoisotopic (exact) mass is 695 g/mol. The van der Waals surface area contributed by atoms with Crippen molar-refractivity contribution in [2.75, 3.05) is 20.8 Å². The Kier molecular flexibility index (Phi) is 8.59. The zero-order valence-corrected chi connectivity index (χ0v) is 29.6. The van der Waals surface area contributed by atoms with Crippen molar-refractivity contribution < 1.29 is 37.9 Å². The van der Waals surface area contributed by atoms with Gasteiger partial charge in [-0.25, -0.2) is 4.79 Å². The molecule has 3 fully saturated rings. The summed E-state index contributed by atoms with van der Waals surface area (Å²) in [5.74, 6) is 0.717. The first-order valence-electron chi connectivity index (χ1n) is 17.7. The van der Waals surface area contributed by atoms with E-state index >= 15 is 0 Å². The Balaban J connectivity index is 1.21. The van der Waals surface area contributed by atoms with Crippen LogP contribution in [-0.2, 0) is 18.9 Å². The molecule has 2 aromatic heterocycles. The van der Waals surface area contributed by atoms with E-state index in [1.807, 2.05) is 67.6 Å². The van der Waals surface area contributed by atoms with Gasteiger partial charge in [-0.3, -0.25) is 4.98 Å². The van der Waals surface area contributed by atoms with Crippen molar-refractivity contribution in [1.29, 1.82) is 0 Å². The van der Waals surface area contributed by atoms with E-state index in [0.717, 1.165) is 29.7 Å². The van der Waals surface area contributed by atoms with Crippen molar-refractivity contribution in [3.8, 4) is 22.8 Å². The molecule has 2 aliphatic carbocycles. The molecule has 4 heterocycles. The maximum Gasteiger partial charge on any atom is 0.345 e. The molecule has 4 aliphatic rings. The van der Waals surface area contributed by atoms with E-state index in [-0.39, 0.29) is 23.3 Å². The van der Waals surface area contributed by atoms with Crippen LogP contribution in [0.5, 0.6) is 11.5 Å². The summed E-state index contributed by atoms with van der Waals surface area (Å²) in [5, 5.41) is 12.5. The molecule has 0 spiro atoms. The summed E-state index contributed by atoms with van der Waals surface area (Å²) in [6, 6.07) is 22.9. The molecular weight excluding hydrogens is 650 g/mol. The largest absolute Gasteiger partial charge is 0.497 e. The average Bonchev–Trinajstić information content (AvgIpc) is 3.14. The Morgan fingerprint density at radius 3 is 2.47 bits per heavy atom. The summed E-state index contributed by atoms with van der Waals surface area (Å²) in [5.41, 5.74) is -0.0957. The van der Waals surface area contributed by atoms with Crippen molar-refractivity contribution in [3.05, 3.63) is 112 Å². The first-order valence-corrected chi connectivity index (χ1v) is 17.7. The van der Waals surface area contributed by atoms with Crippen LogP contribution in [0, 0.1) is 22.7 Å². The Hall–Kier alpha value is -4.06. The molecule has 10 heteroatoms. The van der Waals surface area contributed by atoms with Gasteiger partial charge in [-0.1, -0.05) is 56.3 Å². The lowest BCUT2D eigenvalue weighted by Crippen LogP contribution is -2.71. The second-order valence-corrected chi connectivity index (χ2v) is 15.1. The number of aromatic nitrogens is 1. The number of pyridine rings is 1. The number of aliphatic hydroxyl groups excluding tert-OH is 1. The predicted molar refractivity (Wildman–Crippen MR) is 187 cm³/mol. The molecule has 1 N–H and O–H groups in total. The number of hydrogen-bond donors (Lipinski definition) is 1. The van der Waals surface area contributed by atoms with Crippen molar-refractivity contribution in [2.45, 2.75) is 76.5 Å². The van der Waals surface area contributed by atoms with E-state index < -0.39 is 52.8 Å². The number of ether oxygens (including phenoxy) is 6. The third kappa shape index (κ3) is 5.50. The number of fused-ring (bicyclic) bond motifs is 6. The fourth-order valence-electron chi connectivity index (χ4n) is 9.84. The molecule has 10 atom stereocenters. The lowest BCUT2D eigenvalue weighted by molar-refractivity contribution is -0.340. The highest BCUT2D eigenvalue weighted by molar-refractivity contribution is 5.59. The van der Waals surface area contributed by atoms with Crippen molar-refractivity contribution >= 4 is 0 Å². The minimum atomic E-state index is -1.19. The summed E-state index contributed by atoms with van der Waals surface area (Å²) in [6.07, 6.45) is 2.29. The van der Waals surface area contributed by atoms with E-state index in [4.69, 9.17) is 32.8 Å².